The molecule has 0 radical (unpaired) electrons. The van der Waals surface area contributed by atoms with Crippen LogP contribution in [0.2, 0.25) is 0 Å². The summed E-state index contributed by atoms with van der Waals surface area (Å²) in [6, 6.07) is -0.279. The highest BCUT2D eigenvalue weighted by molar-refractivity contribution is 7.07. The minimum Gasteiger partial charge on any atom is -0.316 e. The van der Waals surface area contributed by atoms with Gasteiger partial charge in [0.05, 0.1) is 11.2 Å². The van der Waals surface area contributed by atoms with Gasteiger partial charge in [0.25, 0.3) is 0 Å². The summed E-state index contributed by atoms with van der Waals surface area (Å²) < 4.78 is 1.66. The largest absolute Gasteiger partial charge is 0.316 e. The Balaban J connectivity index is 2.33. The smallest absolute Gasteiger partial charge is 0.149 e. The van der Waals surface area contributed by atoms with Crippen molar-refractivity contribution in [3.05, 3.63) is 28.7 Å². The van der Waals surface area contributed by atoms with Gasteiger partial charge in [-0.05, 0) is 0 Å². The lowest BCUT2D eigenvalue weighted by Gasteiger charge is -2.06. The second kappa shape index (κ2) is 3.23. The molecule has 2 rings (SSSR count). The summed E-state index contributed by atoms with van der Waals surface area (Å²) in [4.78, 5) is 8.19. The van der Waals surface area contributed by atoms with Crippen LogP contribution in [0.1, 0.15) is 17.6 Å². The van der Waals surface area contributed by atoms with E-state index in [0.29, 0.717) is 0 Å². The van der Waals surface area contributed by atoms with Crippen LogP contribution in [0.4, 0.5) is 0 Å². The van der Waals surface area contributed by atoms with Crippen molar-refractivity contribution in [3.63, 3.8) is 0 Å². The zero-order valence-corrected chi connectivity index (χ0v) is 7.90. The summed E-state index contributed by atoms with van der Waals surface area (Å²) in [5, 5.41) is 5.86. The van der Waals surface area contributed by atoms with E-state index in [0.717, 1.165) is 11.5 Å². The Bertz CT molecular complexity index is 379. The number of hydrogen-bond donors (Lipinski definition) is 1. The Labute approximate surface area is 79.2 Å². The number of rotatable bonds is 2. The second-order valence-corrected chi connectivity index (χ2v) is 3.35. The van der Waals surface area contributed by atoms with E-state index in [1.54, 1.807) is 10.2 Å². The third kappa shape index (κ3) is 1.45. The molecule has 2 aromatic rings. The van der Waals surface area contributed by atoms with Gasteiger partial charge in [-0.1, -0.05) is 0 Å². The molecule has 0 aliphatic carbocycles. The molecule has 0 saturated heterocycles. The summed E-state index contributed by atoms with van der Waals surface area (Å²) in [5.74, 6) is 0.728. The van der Waals surface area contributed by atoms with E-state index >= 15 is 0 Å². The molecule has 6 heteroatoms. The number of nitrogens with two attached hydrogens (primary N) is 1. The molecule has 1 atom stereocenters. The van der Waals surface area contributed by atoms with E-state index in [4.69, 9.17) is 5.73 Å². The molecule has 2 heterocycles. The van der Waals surface area contributed by atoms with E-state index in [9.17, 15) is 0 Å². The molecule has 0 aliphatic heterocycles. The third-order valence-electron chi connectivity index (χ3n) is 1.79. The van der Waals surface area contributed by atoms with Crippen LogP contribution < -0.4 is 5.73 Å². The van der Waals surface area contributed by atoms with E-state index in [-0.39, 0.29) is 6.04 Å². The van der Waals surface area contributed by atoms with Gasteiger partial charge in [0.1, 0.15) is 18.2 Å². The van der Waals surface area contributed by atoms with Crippen LogP contribution in [0.15, 0.2) is 17.2 Å². The van der Waals surface area contributed by atoms with Gasteiger partial charge in [0, 0.05) is 12.4 Å². The standard InChI is InChI=1S/C7H9N5S/c1-12-7(9-3-11-12)6(8)5-2-13-4-10-5/h2-4,6H,8H2,1H3. The Morgan fingerprint density at radius 1 is 1.54 bits per heavy atom. The predicted octanol–water partition coefficient (Wildman–Crippen LogP) is 0.320. The van der Waals surface area contributed by atoms with Crippen molar-refractivity contribution < 1.29 is 0 Å². The van der Waals surface area contributed by atoms with Crippen LogP contribution in [-0.4, -0.2) is 19.7 Å². The first-order chi connectivity index (χ1) is 6.29. The number of thiazole rings is 1. The molecule has 2 aromatic heterocycles. The van der Waals surface area contributed by atoms with Crippen LogP contribution >= 0.6 is 11.3 Å². The number of aromatic nitrogens is 4. The summed E-state index contributed by atoms with van der Waals surface area (Å²) >= 11 is 1.52. The molecule has 5 nitrogen and oxygen atoms in total. The molecular formula is C7H9N5S. The number of aryl methyl sites for hydroxylation is 1. The molecule has 68 valence electrons. The van der Waals surface area contributed by atoms with Gasteiger partial charge >= 0.3 is 0 Å². The average Bonchev–Trinajstić information content (AvgIpc) is 2.72. The Morgan fingerprint density at radius 2 is 2.38 bits per heavy atom. The quantitative estimate of drug-likeness (QED) is 0.749. The first kappa shape index (κ1) is 8.33. The summed E-state index contributed by atoms with van der Waals surface area (Å²) in [5.41, 5.74) is 8.52. The van der Waals surface area contributed by atoms with Crippen molar-refractivity contribution in [3.8, 4) is 0 Å². The van der Waals surface area contributed by atoms with Gasteiger partial charge in [-0.2, -0.15) is 5.10 Å². The molecule has 0 amide bonds. The molecule has 0 aliphatic rings. The van der Waals surface area contributed by atoms with Crippen molar-refractivity contribution in [1.82, 2.24) is 19.7 Å². The molecule has 0 bridgehead atoms. The van der Waals surface area contributed by atoms with Crippen LogP contribution in [0.25, 0.3) is 0 Å². The Kier molecular flexibility index (Phi) is 2.07. The first-order valence-electron chi connectivity index (χ1n) is 3.76. The van der Waals surface area contributed by atoms with Crippen LogP contribution in [-0.2, 0) is 7.05 Å². The summed E-state index contributed by atoms with van der Waals surface area (Å²) in [6.07, 6.45) is 1.49. The third-order valence-corrected chi connectivity index (χ3v) is 2.40. The summed E-state index contributed by atoms with van der Waals surface area (Å²) in [6.45, 7) is 0. The monoisotopic (exact) mass is 195 g/mol. The lowest BCUT2D eigenvalue weighted by Crippen LogP contribution is -2.17. The van der Waals surface area contributed by atoms with Crippen LogP contribution in [0, 0.1) is 0 Å². The molecule has 0 spiro atoms. The van der Waals surface area contributed by atoms with Crippen molar-refractivity contribution in [2.45, 2.75) is 6.04 Å². The molecule has 0 saturated carbocycles. The van der Waals surface area contributed by atoms with Crippen molar-refractivity contribution in [2.24, 2.45) is 12.8 Å². The van der Waals surface area contributed by atoms with Crippen molar-refractivity contribution in [2.75, 3.05) is 0 Å². The molecule has 13 heavy (non-hydrogen) atoms. The topological polar surface area (TPSA) is 69.6 Å². The number of hydrogen-bond acceptors (Lipinski definition) is 5. The zero-order chi connectivity index (χ0) is 9.26. The molecule has 1 unspecified atom stereocenters. The Morgan fingerprint density at radius 3 is 2.92 bits per heavy atom. The van der Waals surface area contributed by atoms with Gasteiger partial charge in [-0.15, -0.1) is 11.3 Å². The minimum atomic E-state index is -0.279. The predicted molar refractivity (Wildman–Crippen MR) is 49.1 cm³/mol. The highest BCUT2D eigenvalue weighted by atomic mass is 32.1. The lowest BCUT2D eigenvalue weighted by molar-refractivity contribution is 0.652. The molecule has 2 N–H and O–H groups in total. The molecule has 0 aromatic carbocycles. The van der Waals surface area contributed by atoms with Crippen LogP contribution in [0.3, 0.4) is 0 Å². The minimum absolute atomic E-state index is 0.279. The second-order valence-electron chi connectivity index (χ2n) is 2.63. The highest BCUT2D eigenvalue weighted by Crippen LogP contribution is 2.15. The fourth-order valence-electron chi connectivity index (χ4n) is 1.09. The van der Waals surface area contributed by atoms with Gasteiger partial charge in [-0.3, -0.25) is 4.68 Å². The van der Waals surface area contributed by atoms with Crippen LogP contribution in [0.5, 0.6) is 0 Å². The van der Waals surface area contributed by atoms with Gasteiger partial charge in [-0.25, -0.2) is 9.97 Å². The lowest BCUT2D eigenvalue weighted by atomic mass is 10.2. The SMILES string of the molecule is Cn1ncnc1C(N)c1cscn1. The molecular weight excluding hydrogens is 186 g/mol. The number of nitrogens with zero attached hydrogens (tertiary/aromatic N) is 4. The summed E-state index contributed by atoms with van der Waals surface area (Å²) in [7, 11) is 1.81. The first-order valence-corrected chi connectivity index (χ1v) is 4.71. The van der Waals surface area contributed by atoms with Gasteiger partial charge < -0.3 is 5.73 Å². The maximum Gasteiger partial charge on any atom is 0.149 e. The maximum atomic E-state index is 5.93. The zero-order valence-electron chi connectivity index (χ0n) is 7.08. The fraction of sp³-hybridized carbons (Fsp3) is 0.286. The van der Waals surface area contributed by atoms with E-state index in [1.807, 2.05) is 12.4 Å². The van der Waals surface area contributed by atoms with E-state index < -0.39 is 0 Å². The normalized spacial score (nSPS) is 13.1. The Hall–Kier alpha value is -1.27. The van der Waals surface area contributed by atoms with Crippen molar-refractivity contribution in [1.29, 1.82) is 0 Å². The average molecular weight is 195 g/mol. The van der Waals surface area contributed by atoms with E-state index in [2.05, 4.69) is 15.1 Å². The maximum absolute atomic E-state index is 5.93. The van der Waals surface area contributed by atoms with Crippen molar-refractivity contribution >= 4 is 11.3 Å². The molecule has 0 fully saturated rings. The van der Waals surface area contributed by atoms with Gasteiger partial charge in [0.2, 0.25) is 0 Å². The van der Waals surface area contributed by atoms with E-state index in [1.165, 1.54) is 17.7 Å². The van der Waals surface area contributed by atoms with Gasteiger partial charge in [0.15, 0.2) is 0 Å². The highest BCUT2D eigenvalue weighted by Gasteiger charge is 2.15. The fourth-order valence-corrected chi connectivity index (χ4v) is 1.68.